The molecule has 0 fully saturated rings. The Kier molecular flexibility index (Phi) is 3.40. The maximum Gasteiger partial charge on any atom is 0.120 e. The SMILES string of the molecule is COc1ccc(C#Cc2cc(O)cc(O)c2)cc1. The quantitative estimate of drug-likeness (QED) is 0.753. The largest absolute Gasteiger partial charge is 0.508 e. The Labute approximate surface area is 105 Å². The molecule has 0 spiro atoms. The summed E-state index contributed by atoms with van der Waals surface area (Å²) >= 11 is 0. The van der Waals surface area contributed by atoms with Gasteiger partial charge < -0.3 is 14.9 Å². The first kappa shape index (κ1) is 11.9. The van der Waals surface area contributed by atoms with E-state index in [0.29, 0.717) is 5.56 Å². The van der Waals surface area contributed by atoms with E-state index in [0.717, 1.165) is 11.3 Å². The molecule has 0 saturated heterocycles. The minimum Gasteiger partial charge on any atom is -0.508 e. The summed E-state index contributed by atoms with van der Waals surface area (Å²) in [5.41, 5.74) is 1.39. The van der Waals surface area contributed by atoms with Gasteiger partial charge in [-0.15, -0.1) is 0 Å². The highest BCUT2D eigenvalue weighted by atomic mass is 16.5. The van der Waals surface area contributed by atoms with Gasteiger partial charge in [0.05, 0.1) is 7.11 Å². The average molecular weight is 240 g/mol. The van der Waals surface area contributed by atoms with Crippen molar-refractivity contribution in [1.82, 2.24) is 0 Å². The van der Waals surface area contributed by atoms with E-state index in [1.807, 2.05) is 24.3 Å². The van der Waals surface area contributed by atoms with Crippen LogP contribution < -0.4 is 4.74 Å². The van der Waals surface area contributed by atoms with Crippen molar-refractivity contribution in [3.05, 3.63) is 53.6 Å². The molecule has 0 aromatic heterocycles. The first-order valence-corrected chi connectivity index (χ1v) is 5.36. The monoisotopic (exact) mass is 240 g/mol. The zero-order chi connectivity index (χ0) is 13.0. The van der Waals surface area contributed by atoms with Gasteiger partial charge in [-0.3, -0.25) is 0 Å². The molecule has 0 heterocycles. The van der Waals surface area contributed by atoms with Crippen LogP contribution in [-0.2, 0) is 0 Å². The van der Waals surface area contributed by atoms with Gasteiger partial charge in [0.15, 0.2) is 0 Å². The lowest BCUT2D eigenvalue weighted by atomic mass is 10.1. The summed E-state index contributed by atoms with van der Waals surface area (Å²) < 4.78 is 5.05. The second kappa shape index (κ2) is 5.15. The summed E-state index contributed by atoms with van der Waals surface area (Å²) in [7, 11) is 1.61. The fourth-order valence-electron chi connectivity index (χ4n) is 1.49. The van der Waals surface area contributed by atoms with Crippen molar-refractivity contribution in [3.63, 3.8) is 0 Å². The molecule has 90 valence electrons. The molecule has 0 saturated carbocycles. The Hall–Kier alpha value is -2.60. The van der Waals surface area contributed by atoms with Gasteiger partial charge in [0.2, 0.25) is 0 Å². The molecule has 3 heteroatoms. The maximum absolute atomic E-state index is 9.32. The van der Waals surface area contributed by atoms with Crippen LogP contribution in [0.2, 0.25) is 0 Å². The van der Waals surface area contributed by atoms with E-state index in [1.54, 1.807) is 7.11 Å². The summed E-state index contributed by atoms with van der Waals surface area (Å²) in [4.78, 5) is 0. The summed E-state index contributed by atoms with van der Waals surface area (Å²) in [6.07, 6.45) is 0. The molecule has 0 unspecified atom stereocenters. The predicted octanol–water partition coefficient (Wildman–Crippen LogP) is 2.51. The lowest BCUT2D eigenvalue weighted by molar-refractivity contribution is 0.415. The molecule has 0 atom stereocenters. The number of rotatable bonds is 1. The summed E-state index contributed by atoms with van der Waals surface area (Å²) in [5.74, 6) is 6.57. The number of aromatic hydroxyl groups is 2. The fourth-order valence-corrected chi connectivity index (χ4v) is 1.49. The van der Waals surface area contributed by atoms with Crippen LogP contribution in [0, 0.1) is 11.8 Å². The van der Waals surface area contributed by atoms with E-state index in [4.69, 9.17) is 4.74 Å². The fraction of sp³-hybridized carbons (Fsp3) is 0.0667. The molecule has 18 heavy (non-hydrogen) atoms. The van der Waals surface area contributed by atoms with Crippen molar-refractivity contribution in [3.8, 4) is 29.1 Å². The third-order valence-corrected chi connectivity index (χ3v) is 2.34. The Morgan fingerprint density at radius 2 is 1.39 bits per heavy atom. The Morgan fingerprint density at radius 3 is 1.94 bits per heavy atom. The predicted molar refractivity (Wildman–Crippen MR) is 68.7 cm³/mol. The molecule has 3 nitrogen and oxygen atoms in total. The molecular formula is C15H12O3. The van der Waals surface area contributed by atoms with Crippen molar-refractivity contribution < 1.29 is 14.9 Å². The number of phenolic OH excluding ortho intramolecular Hbond substituents is 2. The van der Waals surface area contributed by atoms with Crippen LogP contribution >= 0.6 is 0 Å². The van der Waals surface area contributed by atoms with Gasteiger partial charge in [0.25, 0.3) is 0 Å². The summed E-state index contributed by atoms with van der Waals surface area (Å²) in [6, 6.07) is 11.6. The molecule has 2 N–H and O–H groups in total. The smallest absolute Gasteiger partial charge is 0.120 e. The molecule has 2 aromatic carbocycles. The molecule has 0 aliphatic heterocycles. The van der Waals surface area contributed by atoms with Crippen LogP contribution in [0.1, 0.15) is 11.1 Å². The number of benzene rings is 2. The van der Waals surface area contributed by atoms with Crippen molar-refractivity contribution >= 4 is 0 Å². The standard InChI is InChI=1S/C15H12O3/c1-18-15-6-4-11(5-7-15)2-3-12-8-13(16)10-14(17)9-12/h4-10,16-17H,1H3. The van der Waals surface area contributed by atoms with Crippen molar-refractivity contribution in [2.45, 2.75) is 0 Å². The first-order valence-electron chi connectivity index (χ1n) is 5.36. The molecule has 0 radical (unpaired) electrons. The number of methoxy groups -OCH3 is 1. The third kappa shape index (κ3) is 2.96. The van der Waals surface area contributed by atoms with Gasteiger partial charge in [-0.05, 0) is 36.4 Å². The second-order valence-electron chi connectivity index (χ2n) is 3.72. The lowest BCUT2D eigenvalue weighted by Crippen LogP contribution is -1.82. The number of phenols is 2. The normalized spacial score (nSPS) is 9.39. The number of hydrogen-bond acceptors (Lipinski definition) is 3. The highest BCUT2D eigenvalue weighted by molar-refractivity contribution is 5.48. The minimum atomic E-state index is -0.00553. The van der Waals surface area contributed by atoms with Crippen LogP contribution in [0.5, 0.6) is 17.2 Å². The highest BCUT2D eigenvalue weighted by Gasteiger charge is 1.96. The Balaban J connectivity index is 2.25. The summed E-state index contributed by atoms with van der Waals surface area (Å²) in [6.45, 7) is 0. The Morgan fingerprint density at radius 1 is 0.833 bits per heavy atom. The van der Waals surface area contributed by atoms with Crippen LogP contribution in [0.25, 0.3) is 0 Å². The topological polar surface area (TPSA) is 49.7 Å². The Bertz CT molecular complexity index is 584. The van der Waals surface area contributed by atoms with E-state index < -0.39 is 0 Å². The molecule has 0 aliphatic carbocycles. The molecule has 2 aromatic rings. The molecule has 0 amide bonds. The minimum absolute atomic E-state index is 0.00553. The van der Waals surface area contributed by atoms with E-state index in [-0.39, 0.29) is 11.5 Å². The molecular weight excluding hydrogens is 228 g/mol. The van der Waals surface area contributed by atoms with Crippen molar-refractivity contribution in [1.29, 1.82) is 0 Å². The van der Waals surface area contributed by atoms with Gasteiger partial charge in [-0.25, -0.2) is 0 Å². The molecule has 2 rings (SSSR count). The van der Waals surface area contributed by atoms with Crippen LogP contribution in [0.3, 0.4) is 0 Å². The zero-order valence-electron chi connectivity index (χ0n) is 9.84. The van der Waals surface area contributed by atoms with E-state index in [1.165, 1.54) is 18.2 Å². The second-order valence-corrected chi connectivity index (χ2v) is 3.72. The van der Waals surface area contributed by atoms with Gasteiger partial charge >= 0.3 is 0 Å². The van der Waals surface area contributed by atoms with E-state index in [9.17, 15) is 10.2 Å². The third-order valence-electron chi connectivity index (χ3n) is 2.34. The maximum atomic E-state index is 9.32. The van der Waals surface area contributed by atoms with Gasteiger partial charge in [-0.1, -0.05) is 11.8 Å². The van der Waals surface area contributed by atoms with Crippen molar-refractivity contribution in [2.75, 3.05) is 7.11 Å². The lowest BCUT2D eigenvalue weighted by Gasteiger charge is -1.98. The van der Waals surface area contributed by atoms with Crippen molar-refractivity contribution in [2.24, 2.45) is 0 Å². The summed E-state index contributed by atoms with van der Waals surface area (Å²) in [5, 5.41) is 18.6. The molecule has 0 aliphatic rings. The first-order chi connectivity index (χ1) is 8.67. The highest BCUT2D eigenvalue weighted by Crippen LogP contribution is 2.19. The molecule has 0 bridgehead atoms. The van der Waals surface area contributed by atoms with Crippen LogP contribution in [0.15, 0.2) is 42.5 Å². The van der Waals surface area contributed by atoms with Crippen LogP contribution in [-0.4, -0.2) is 17.3 Å². The van der Waals surface area contributed by atoms with Gasteiger partial charge in [0, 0.05) is 17.2 Å². The average Bonchev–Trinajstić information content (AvgIpc) is 2.36. The van der Waals surface area contributed by atoms with Gasteiger partial charge in [0.1, 0.15) is 17.2 Å². The number of ether oxygens (including phenoxy) is 1. The van der Waals surface area contributed by atoms with E-state index >= 15 is 0 Å². The van der Waals surface area contributed by atoms with E-state index in [2.05, 4.69) is 11.8 Å². The number of hydrogen-bond donors (Lipinski definition) is 2. The van der Waals surface area contributed by atoms with Gasteiger partial charge in [-0.2, -0.15) is 0 Å². The zero-order valence-corrected chi connectivity index (χ0v) is 9.84. The van der Waals surface area contributed by atoms with Crippen LogP contribution in [0.4, 0.5) is 0 Å².